The van der Waals surface area contributed by atoms with Crippen molar-refractivity contribution in [2.45, 2.75) is 25.6 Å². The van der Waals surface area contributed by atoms with Gasteiger partial charge in [0, 0.05) is 26.8 Å². The van der Waals surface area contributed by atoms with Crippen LogP contribution in [0.25, 0.3) is 0 Å². The Labute approximate surface area is 256 Å². The lowest BCUT2D eigenvalue weighted by Crippen LogP contribution is -2.51. The average molecular weight is 629 g/mol. The molecule has 0 bridgehead atoms. The molecule has 0 saturated carbocycles. The molecule has 1 aliphatic heterocycles. The molecule has 3 heterocycles. The van der Waals surface area contributed by atoms with Crippen LogP contribution >= 0.6 is 0 Å². The van der Waals surface area contributed by atoms with Gasteiger partial charge in [0.25, 0.3) is 5.91 Å². The standard InChI is InChI=1S/C29H31F3N8O5/c1-7-22(41)34-17-9-8-10-18(13-17)40-24-20(45-28(2,3)26(40)43)14-33-27(37-24)35-19-11-12-21(39(6)15-23(42)38(4)5)36-25(19)44-16-29(30,31)32/h7-14H,1,15-16H2,2-6H3,(H,34,41)(H,33,35,37). The van der Waals surface area contributed by atoms with Gasteiger partial charge in [-0.1, -0.05) is 12.6 Å². The lowest BCUT2D eigenvalue weighted by atomic mass is 10.0. The molecule has 0 radical (unpaired) electrons. The molecule has 0 unspecified atom stereocenters. The summed E-state index contributed by atoms with van der Waals surface area (Å²) in [5.74, 6) is -1.36. The molecule has 4 rings (SSSR count). The number of aromatic nitrogens is 3. The molecule has 3 aromatic rings. The molecule has 0 aliphatic carbocycles. The van der Waals surface area contributed by atoms with Crippen LogP contribution in [0.3, 0.4) is 0 Å². The number of amides is 3. The number of likely N-dealkylation sites (N-methyl/N-ethyl adjacent to an activating group) is 2. The molecule has 2 aromatic heterocycles. The number of carbonyl (C=O) groups is 3. The summed E-state index contributed by atoms with van der Waals surface area (Å²) in [6.07, 6.45) is -2.24. The SMILES string of the molecule is C=CC(=O)Nc1cccc(N2C(=O)C(C)(C)Oc3cnc(Nc4ccc(N(C)CC(=O)N(C)C)nc4OCC(F)(F)F)nc32)c1. The highest BCUT2D eigenvalue weighted by Gasteiger charge is 2.43. The topological polar surface area (TPSA) is 142 Å². The zero-order chi connectivity index (χ0) is 33.1. The van der Waals surface area contributed by atoms with Crippen LogP contribution < -0.4 is 29.9 Å². The van der Waals surface area contributed by atoms with Crippen molar-refractivity contribution in [3.8, 4) is 11.6 Å². The van der Waals surface area contributed by atoms with Gasteiger partial charge in [0.1, 0.15) is 11.5 Å². The van der Waals surface area contributed by atoms with Gasteiger partial charge >= 0.3 is 6.18 Å². The van der Waals surface area contributed by atoms with Crippen molar-refractivity contribution in [1.29, 1.82) is 0 Å². The maximum absolute atomic E-state index is 13.6. The lowest BCUT2D eigenvalue weighted by Gasteiger charge is -2.37. The summed E-state index contributed by atoms with van der Waals surface area (Å²) in [4.78, 5) is 54.5. The fourth-order valence-corrected chi connectivity index (χ4v) is 4.04. The Morgan fingerprint density at radius 3 is 2.56 bits per heavy atom. The van der Waals surface area contributed by atoms with Crippen LogP contribution in [-0.2, 0) is 14.4 Å². The number of halogens is 3. The summed E-state index contributed by atoms with van der Waals surface area (Å²) in [6.45, 7) is 4.86. The number of benzene rings is 1. The van der Waals surface area contributed by atoms with Gasteiger partial charge in [-0.15, -0.1) is 0 Å². The number of carbonyl (C=O) groups excluding carboxylic acids is 3. The van der Waals surface area contributed by atoms with E-state index in [0.29, 0.717) is 11.4 Å². The third kappa shape index (κ3) is 7.76. The Bertz CT molecular complexity index is 1630. The van der Waals surface area contributed by atoms with Gasteiger partial charge < -0.3 is 29.9 Å². The van der Waals surface area contributed by atoms with Crippen LogP contribution in [-0.4, -0.2) is 83.6 Å². The van der Waals surface area contributed by atoms with Crippen LogP contribution in [0.2, 0.25) is 0 Å². The van der Waals surface area contributed by atoms with Gasteiger partial charge in [0.05, 0.1) is 18.4 Å². The van der Waals surface area contributed by atoms with Crippen molar-refractivity contribution < 1.29 is 37.0 Å². The Balaban J connectivity index is 1.71. The quantitative estimate of drug-likeness (QED) is 0.316. The molecule has 0 fully saturated rings. The normalized spacial score (nSPS) is 13.7. The van der Waals surface area contributed by atoms with E-state index in [2.05, 4.69) is 32.2 Å². The van der Waals surface area contributed by atoms with Gasteiger partial charge in [0.2, 0.25) is 23.6 Å². The second-order valence-corrected chi connectivity index (χ2v) is 10.6. The molecule has 2 N–H and O–H groups in total. The van der Waals surface area contributed by atoms with Crippen molar-refractivity contribution in [2.75, 3.05) is 54.7 Å². The Morgan fingerprint density at radius 1 is 1.16 bits per heavy atom. The zero-order valence-electron chi connectivity index (χ0n) is 25.1. The maximum atomic E-state index is 13.6. The molecule has 1 aromatic carbocycles. The number of hydrogen-bond acceptors (Lipinski definition) is 10. The minimum absolute atomic E-state index is 0.0145. The fraction of sp³-hybridized carbons (Fsp3) is 0.310. The van der Waals surface area contributed by atoms with E-state index in [1.54, 1.807) is 59.3 Å². The first kappa shape index (κ1) is 32.5. The molecular weight excluding hydrogens is 597 g/mol. The molecule has 0 atom stereocenters. The van der Waals surface area contributed by atoms with Crippen molar-refractivity contribution in [3.63, 3.8) is 0 Å². The number of anilines is 6. The lowest BCUT2D eigenvalue weighted by molar-refractivity contribution is -0.154. The van der Waals surface area contributed by atoms with Gasteiger partial charge in [-0.25, -0.2) is 4.98 Å². The summed E-state index contributed by atoms with van der Waals surface area (Å²) in [6, 6.07) is 9.33. The van der Waals surface area contributed by atoms with Crippen molar-refractivity contribution in [3.05, 3.63) is 55.3 Å². The smallest absolute Gasteiger partial charge is 0.422 e. The maximum Gasteiger partial charge on any atom is 0.422 e. The molecule has 0 saturated heterocycles. The van der Waals surface area contributed by atoms with Gasteiger partial charge in [-0.2, -0.15) is 23.1 Å². The summed E-state index contributed by atoms with van der Waals surface area (Å²) in [7, 11) is 4.71. The minimum Gasteiger partial charge on any atom is -0.472 e. The van der Waals surface area contributed by atoms with Crippen molar-refractivity contribution >= 4 is 52.4 Å². The first-order valence-electron chi connectivity index (χ1n) is 13.4. The second kappa shape index (κ2) is 12.7. The van der Waals surface area contributed by atoms with E-state index in [9.17, 15) is 27.6 Å². The summed E-state index contributed by atoms with van der Waals surface area (Å²) >= 11 is 0. The monoisotopic (exact) mass is 628 g/mol. The van der Waals surface area contributed by atoms with Crippen LogP contribution in [0.1, 0.15) is 13.8 Å². The highest BCUT2D eigenvalue weighted by Crippen LogP contribution is 2.42. The molecule has 13 nitrogen and oxygen atoms in total. The van der Waals surface area contributed by atoms with Crippen LogP contribution in [0.15, 0.2) is 55.3 Å². The number of ether oxygens (including phenoxy) is 2. The molecule has 238 valence electrons. The minimum atomic E-state index is -4.66. The Morgan fingerprint density at radius 2 is 1.89 bits per heavy atom. The van der Waals surface area contributed by atoms with E-state index in [1.807, 2.05) is 0 Å². The van der Waals surface area contributed by atoms with E-state index in [4.69, 9.17) is 9.47 Å². The zero-order valence-corrected chi connectivity index (χ0v) is 25.1. The number of nitrogens with zero attached hydrogens (tertiary/aromatic N) is 6. The number of pyridine rings is 1. The highest BCUT2D eigenvalue weighted by molar-refractivity contribution is 6.08. The number of rotatable bonds is 10. The molecule has 1 aliphatic rings. The van der Waals surface area contributed by atoms with Crippen LogP contribution in [0, 0.1) is 0 Å². The molecule has 0 spiro atoms. The molecule has 45 heavy (non-hydrogen) atoms. The van der Waals surface area contributed by atoms with E-state index >= 15 is 0 Å². The van der Waals surface area contributed by atoms with Gasteiger partial charge in [0.15, 0.2) is 23.8 Å². The van der Waals surface area contributed by atoms with Crippen LogP contribution in [0.4, 0.5) is 47.8 Å². The average Bonchev–Trinajstić information content (AvgIpc) is 2.97. The van der Waals surface area contributed by atoms with Crippen LogP contribution in [0.5, 0.6) is 11.6 Å². The van der Waals surface area contributed by atoms with Gasteiger partial charge in [-0.05, 0) is 50.3 Å². The third-order valence-corrected chi connectivity index (χ3v) is 6.32. The number of alkyl halides is 3. The Hall–Kier alpha value is -5.41. The molecular formula is C29H31F3N8O5. The van der Waals surface area contributed by atoms with Crippen molar-refractivity contribution in [2.24, 2.45) is 0 Å². The first-order valence-corrected chi connectivity index (χ1v) is 13.4. The fourth-order valence-electron chi connectivity index (χ4n) is 4.04. The van der Waals surface area contributed by atoms with E-state index in [-0.39, 0.29) is 41.5 Å². The van der Waals surface area contributed by atoms with E-state index < -0.39 is 36.1 Å². The largest absolute Gasteiger partial charge is 0.472 e. The predicted molar refractivity (Wildman–Crippen MR) is 160 cm³/mol. The predicted octanol–water partition coefficient (Wildman–Crippen LogP) is 4.04. The number of hydrogen-bond donors (Lipinski definition) is 2. The second-order valence-electron chi connectivity index (χ2n) is 10.6. The van der Waals surface area contributed by atoms with Crippen molar-refractivity contribution in [1.82, 2.24) is 19.9 Å². The van der Waals surface area contributed by atoms with E-state index in [0.717, 1.165) is 6.08 Å². The Kier molecular flexibility index (Phi) is 9.15. The molecule has 16 heteroatoms. The summed E-state index contributed by atoms with van der Waals surface area (Å²) < 4.78 is 50.2. The highest BCUT2D eigenvalue weighted by atomic mass is 19.4. The number of fused-ring (bicyclic) bond motifs is 1. The summed E-state index contributed by atoms with van der Waals surface area (Å²) in [5.41, 5.74) is -0.596. The third-order valence-electron chi connectivity index (χ3n) is 6.32. The number of nitrogens with one attached hydrogen (secondary N) is 2. The van der Waals surface area contributed by atoms with E-state index in [1.165, 1.54) is 33.0 Å². The summed E-state index contributed by atoms with van der Waals surface area (Å²) in [5, 5.41) is 5.44. The first-order chi connectivity index (χ1) is 21.1. The van der Waals surface area contributed by atoms with Gasteiger partial charge in [-0.3, -0.25) is 19.3 Å². The molecule has 3 amide bonds.